The van der Waals surface area contributed by atoms with Gasteiger partial charge in [0, 0.05) is 6.54 Å². The van der Waals surface area contributed by atoms with Crippen LogP contribution in [0.4, 0.5) is 0 Å². The maximum absolute atomic E-state index is 10.8. The van der Waals surface area contributed by atoms with E-state index in [0.29, 0.717) is 6.61 Å². The van der Waals surface area contributed by atoms with E-state index in [-0.39, 0.29) is 6.04 Å². The van der Waals surface area contributed by atoms with Gasteiger partial charge in [-0.2, -0.15) is 0 Å². The number of hydrogen-bond acceptors (Lipinski definition) is 3. The molecule has 0 saturated carbocycles. The molecule has 0 bridgehead atoms. The van der Waals surface area contributed by atoms with Crippen LogP contribution in [0.25, 0.3) is 0 Å². The van der Waals surface area contributed by atoms with Crippen molar-refractivity contribution in [1.82, 2.24) is 9.96 Å². The molecule has 1 saturated heterocycles. The lowest BCUT2D eigenvalue weighted by Gasteiger charge is -2.34. The predicted octanol–water partition coefficient (Wildman–Crippen LogP) is 0.657. The number of nitrogens with zero attached hydrogens (tertiary/aromatic N) is 2. The zero-order valence-corrected chi connectivity index (χ0v) is 8.69. The van der Waals surface area contributed by atoms with Gasteiger partial charge in [-0.1, -0.05) is 6.08 Å². The van der Waals surface area contributed by atoms with Gasteiger partial charge in [0.2, 0.25) is 6.41 Å². The Morgan fingerprint density at radius 1 is 1.71 bits per heavy atom. The van der Waals surface area contributed by atoms with E-state index in [1.165, 1.54) is 5.06 Å². The highest BCUT2D eigenvalue weighted by atomic mass is 16.7. The van der Waals surface area contributed by atoms with Crippen LogP contribution in [0.1, 0.15) is 12.8 Å². The van der Waals surface area contributed by atoms with Crippen molar-refractivity contribution in [2.75, 3.05) is 26.7 Å². The Balaban J connectivity index is 2.41. The molecule has 1 unspecified atom stereocenters. The molecule has 0 aromatic heterocycles. The summed E-state index contributed by atoms with van der Waals surface area (Å²) < 4.78 is 0. The van der Waals surface area contributed by atoms with Gasteiger partial charge in [-0.05, 0) is 26.4 Å². The zero-order valence-electron chi connectivity index (χ0n) is 8.69. The SMILES string of the molecule is C=CCON(C=O)C1CCCN(C)C1. The second-order valence-corrected chi connectivity index (χ2v) is 3.61. The molecule has 0 aliphatic carbocycles. The van der Waals surface area contributed by atoms with Crippen molar-refractivity contribution >= 4 is 6.41 Å². The average molecular weight is 198 g/mol. The molecule has 1 aliphatic heterocycles. The fourth-order valence-corrected chi connectivity index (χ4v) is 1.71. The van der Waals surface area contributed by atoms with E-state index >= 15 is 0 Å². The number of amides is 1. The standard InChI is InChI=1S/C10H18N2O2/c1-3-7-14-12(9-13)10-5-4-6-11(2)8-10/h3,9-10H,1,4-8H2,2H3. The Kier molecular flexibility index (Phi) is 4.62. The van der Waals surface area contributed by atoms with Gasteiger partial charge >= 0.3 is 0 Å². The second-order valence-electron chi connectivity index (χ2n) is 3.61. The molecule has 1 fully saturated rings. The summed E-state index contributed by atoms with van der Waals surface area (Å²) in [6.45, 7) is 5.92. The molecular weight excluding hydrogens is 180 g/mol. The summed E-state index contributed by atoms with van der Waals surface area (Å²) in [6, 6.07) is 0.186. The van der Waals surface area contributed by atoms with E-state index in [1.54, 1.807) is 6.08 Å². The molecule has 0 spiro atoms. The van der Waals surface area contributed by atoms with Crippen molar-refractivity contribution < 1.29 is 9.63 Å². The molecule has 1 atom stereocenters. The summed E-state index contributed by atoms with van der Waals surface area (Å²) in [5.41, 5.74) is 0. The van der Waals surface area contributed by atoms with Crippen LogP contribution in [0.15, 0.2) is 12.7 Å². The second kappa shape index (κ2) is 5.78. The van der Waals surface area contributed by atoms with E-state index in [1.807, 2.05) is 0 Å². The molecule has 4 heteroatoms. The summed E-state index contributed by atoms with van der Waals surface area (Å²) in [4.78, 5) is 18.2. The summed E-state index contributed by atoms with van der Waals surface area (Å²) in [7, 11) is 2.06. The summed E-state index contributed by atoms with van der Waals surface area (Å²) in [5, 5.41) is 1.41. The van der Waals surface area contributed by atoms with Crippen molar-refractivity contribution in [2.45, 2.75) is 18.9 Å². The van der Waals surface area contributed by atoms with Crippen LogP contribution >= 0.6 is 0 Å². The number of hydrogen-bond donors (Lipinski definition) is 0. The van der Waals surface area contributed by atoms with Gasteiger partial charge < -0.3 is 4.90 Å². The normalized spacial score (nSPS) is 23.1. The Hall–Kier alpha value is -0.870. The Bertz CT molecular complexity index is 197. The molecule has 0 aromatic rings. The number of hydroxylamine groups is 2. The fourth-order valence-electron chi connectivity index (χ4n) is 1.71. The van der Waals surface area contributed by atoms with E-state index in [4.69, 9.17) is 4.84 Å². The highest BCUT2D eigenvalue weighted by Gasteiger charge is 2.23. The van der Waals surface area contributed by atoms with Gasteiger partial charge in [0.1, 0.15) is 0 Å². The van der Waals surface area contributed by atoms with Gasteiger partial charge in [0.15, 0.2) is 0 Å². The van der Waals surface area contributed by atoms with Crippen molar-refractivity contribution in [3.05, 3.63) is 12.7 Å². The summed E-state index contributed by atoms with van der Waals surface area (Å²) >= 11 is 0. The van der Waals surface area contributed by atoms with Gasteiger partial charge in [-0.25, -0.2) is 5.06 Å². The number of likely N-dealkylation sites (N-methyl/N-ethyl adjacent to an activating group) is 1. The van der Waals surface area contributed by atoms with Crippen molar-refractivity contribution in [3.8, 4) is 0 Å². The minimum absolute atomic E-state index is 0.186. The number of rotatable bonds is 5. The third kappa shape index (κ3) is 3.12. The van der Waals surface area contributed by atoms with Gasteiger partial charge in [0.05, 0.1) is 12.6 Å². The molecule has 0 aromatic carbocycles. The first-order valence-electron chi connectivity index (χ1n) is 4.94. The molecule has 1 aliphatic rings. The summed E-state index contributed by atoms with van der Waals surface area (Å²) in [6.07, 6.45) is 4.53. The highest BCUT2D eigenvalue weighted by molar-refractivity contribution is 5.45. The van der Waals surface area contributed by atoms with Crippen LogP contribution in [0.3, 0.4) is 0 Å². The van der Waals surface area contributed by atoms with E-state index < -0.39 is 0 Å². The van der Waals surface area contributed by atoms with Crippen molar-refractivity contribution in [2.24, 2.45) is 0 Å². The average Bonchev–Trinajstić information content (AvgIpc) is 2.19. The molecule has 14 heavy (non-hydrogen) atoms. The van der Waals surface area contributed by atoms with E-state index in [0.717, 1.165) is 32.3 Å². The fraction of sp³-hybridized carbons (Fsp3) is 0.700. The lowest BCUT2D eigenvalue weighted by molar-refractivity contribution is -0.186. The smallest absolute Gasteiger partial charge is 0.233 e. The maximum Gasteiger partial charge on any atom is 0.233 e. The Labute approximate surface area is 85.1 Å². The Morgan fingerprint density at radius 3 is 3.07 bits per heavy atom. The third-order valence-electron chi connectivity index (χ3n) is 2.40. The molecule has 80 valence electrons. The predicted molar refractivity (Wildman–Crippen MR) is 54.6 cm³/mol. The van der Waals surface area contributed by atoms with E-state index in [2.05, 4.69) is 18.5 Å². The lowest BCUT2D eigenvalue weighted by Crippen LogP contribution is -2.46. The molecule has 0 radical (unpaired) electrons. The topological polar surface area (TPSA) is 32.8 Å². The van der Waals surface area contributed by atoms with Crippen LogP contribution in [0.2, 0.25) is 0 Å². The largest absolute Gasteiger partial charge is 0.304 e. The number of carbonyl (C=O) groups is 1. The number of likely N-dealkylation sites (tertiary alicyclic amines) is 1. The quantitative estimate of drug-likeness (QED) is 0.369. The zero-order chi connectivity index (χ0) is 10.4. The van der Waals surface area contributed by atoms with Crippen LogP contribution in [-0.2, 0) is 9.63 Å². The third-order valence-corrected chi connectivity index (χ3v) is 2.40. The van der Waals surface area contributed by atoms with Gasteiger partial charge in [0.25, 0.3) is 0 Å². The lowest BCUT2D eigenvalue weighted by atomic mass is 10.1. The van der Waals surface area contributed by atoms with E-state index in [9.17, 15) is 4.79 Å². The molecule has 1 rings (SSSR count). The van der Waals surface area contributed by atoms with Crippen LogP contribution in [0.5, 0.6) is 0 Å². The first-order valence-corrected chi connectivity index (χ1v) is 4.94. The van der Waals surface area contributed by atoms with Crippen LogP contribution in [-0.4, -0.2) is 49.2 Å². The molecule has 1 amide bonds. The maximum atomic E-state index is 10.8. The highest BCUT2D eigenvalue weighted by Crippen LogP contribution is 2.13. The molecule has 4 nitrogen and oxygen atoms in total. The first-order chi connectivity index (χ1) is 6.77. The Morgan fingerprint density at radius 2 is 2.50 bits per heavy atom. The first kappa shape index (κ1) is 11.2. The minimum atomic E-state index is 0.186. The van der Waals surface area contributed by atoms with Gasteiger partial charge in [-0.3, -0.25) is 9.63 Å². The van der Waals surface area contributed by atoms with Gasteiger partial charge in [-0.15, -0.1) is 6.58 Å². The number of piperidine rings is 1. The molecule has 0 N–H and O–H groups in total. The van der Waals surface area contributed by atoms with Crippen molar-refractivity contribution in [3.63, 3.8) is 0 Å². The van der Waals surface area contributed by atoms with Crippen LogP contribution in [0, 0.1) is 0 Å². The number of carbonyl (C=O) groups excluding carboxylic acids is 1. The molecular formula is C10H18N2O2. The van der Waals surface area contributed by atoms with Crippen LogP contribution < -0.4 is 0 Å². The minimum Gasteiger partial charge on any atom is -0.304 e. The van der Waals surface area contributed by atoms with Crippen molar-refractivity contribution in [1.29, 1.82) is 0 Å². The monoisotopic (exact) mass is 198 g/mol. The summed E-state index contributed by atoms with van der Waals surface area (Å²) in [5.74, 6) is 0. The molecule has 1 heterocycles.